The monoisotopic (exact) mass is 240 g/mol. The molecule has 2 nitrogen and oxygen atoms in total. The smallest absolute Gasteiger partial charge is 0.138 e. The van der Waals surface area contributed by atoms with Crippen molar-refractivity contribution in [3.8, 4) is 5.75 Å². The van der Waals surface area contributed by atoms with Crippen molar-refractivity contribution in [2.24, 2.45) is 5.92 Å². The van der Waals surface area contributed by atoms with Crippen molar-refractivity contribution < 1.29 is 9.84 Å². The van der Waals surface area contributed by atoms with Crippen LogP contribution in [0.2, 0.25) is 5.02 Å². The summed E-state index contributed by atoms with van der Waals surface area (Å²) < 4.78 is 5.65. The highest BCUT2D eigenvalue weighted by Crippen LogP contribution is 2.33. The van der Waals surface area contributed by atoms with E-state index in [4.69, 9.17) is 16.3 Å². The van der Waals surface area contributed by atoms with Crippen LogP contribution in [0.5, 0.6) is 5.75 Å². The number of hydrogen-bond donors (Lipinski definition) is 1. The van der Waals surface area contributed by atoms with Crippen LogP contribution in [0.3, 0.4) is 0 Å². The minimum Gasteiger partial charge on any atom is -0.492 e. The van der Waals surface area contributed by atoms with Gasteiger partial charge in [0, 0.05) is 0 Å². The molecule has 1 aliphatic rings. The number of hydrogen-bond acceptors (Lipinski definition) is 2. The second-order valence-electron chi connectivity index (χ2n) is 4.96. The number of halogens is 1. The summed E-state index contributed by atoms with van der Waals surface area (Å²) in [6, 6.07) is 5.42. The molecule has 0 aromatic heterocycles. The van der Waals surface area contributed by atoms with Gasteiger partial charge < -0.3 is 9.84 Å². The van der Waals surface area contributed by atoms with Crippen molar-refractivity contribution in [1.82, 2.24) is 0 Å². The van der Waals surface area contributed by atoms with Gasteiger partial charge in [-0.25, -0.2) is 0 Å². The van der Waals surface area contributed by atoms with Crippen molar-refractivity contribution >= 4 is 11.6 Å². The predicted octanol–water partition coefficient (Wildman–Crippen LogP) is 3.36. The largest absolute Gasteiger partial charge is 0.492 e. The third-order valence-electron chi connectivity index (χ3n) is 2.81. The highest BCUT2D eigenvalue weighted by Gasteiger charge is 2.23. The molecule has 16 heavy (non-hydrogen) atoms. The zero-order valence-electron chi connectivity index (χ0n) is 9.66. The van der Waals surface area contributed by atoms with Crippen molar-refractivity contribution in [2.45, 2.75) is 32.3 Å². The lowest BCUT2D eigenvalue weighted by atomic mass is 9.98. The Hall–Kier alpha value is -0.730. The van der Waals surface area contributed by atoms with Gasteiger partial charge in [-0.3, -0.25) is 0 Å². The summed E-state index contributed by atoms with van der Waals surface area (Å²) in [6.45, 7) is 4.23. The fraction of sp³-hybridized carbons (Fsp3) is 0.538. The van der Waals surface area contributed by atoms with E-state index in [1.54, 1.807) is 19.9 Å². The Kier molecular flexibility index (Phi) is 3.13. The normalized spacial score (nSPS) is 16.2. The first-order valence-electron chi connectivity index (χ1n) is 5.62. The zero-order chi connectivity index (χ0) is 11.8. The first-order chi connectivity index (χ1) is 7.47. The fourth-order valence-corrected chi connectivity index (χ4v) is 1.66. The van der Waals surface area contributed by atoms with E-state index in [9.17, 15) is 5.11 Å². The standard InChI is InChI=1S/C13H17ClO2/c1-13(2,15)10-5-6-11(14)12(7-10)16-8-9-3-4-9/h5-7,9,15H,3-4,8H2,1-2H3. The molecule has 0 saturated heterocycles. The number of rotatable bonds is 4. The summed E-state index contributed by atoms with van der Waals surface area (Å²) in [5, 5.41) is 10.5. The number of benzene rings is 1. The molecule has 1 aliphatic carbocycles. The summed E-state index contributed by atoms with van der Waals surface area (Å²) in [5.74, 6) is 1.37. The molecule has 0 atom stereocenters. The number of aliphatic hydroxyl groups is 1. The van der Waals surface area contributed by atoms with Gasteiger partial charge in [-0.1, -0.05) is 17.7 Å². The van der Waals surface area contributed by atoms with Crippen LogP contribution in [0, 0.1) is 5.92 Å². The highest BCUT2D eigenvalue weighted by atomic mass is 35.5. The molecule has 1 saturated carbocycles. The van der Waals surface area contributed by atoms with Crippen molar-refractivity contribution in [3.05, 3.63) is 28.8 Å². The highest BCUT2D eigenvalue weighted by molar-refractivity contribution is 6.32. The lowest BCUT2D eigenvalue weighted by Crippen LogP contribution is -2.15. The third-order valence-corrected chi connectivity index (χ3v) is 3.12. The van der Waals surface area contributed by atoms with E-state index in [1.165, 1.54) is 12.8 Å². The minimum atomic E-state index is -0.859. The van der Waals surface area contributed by atoms with Gasteiger partial charge in [-0.2, -0.15) is 0 Å². The van der Waals surface area contributed by atoms with Gasteiger partial charge in [0.1, 0.15) is 5.75 Å². The lowest BCUT2D eigenvalue weighted by molar-refractivity contribution is 0.0782. The molecule has 0 aliphatic heterocycles. The second-order valence-corrected chi connectivity index (χ2v) is 5.37. The molecular formula is C13H17ClO2. The van der Waals surface area contributed by atoms with Gasteiger partial charge >= 0.3 is 0 Å². The quantitative estimate of drug-likeness (QED) is 0.875. The molecule has 1 aromatic rings. The molecule has 1 fully saturated rings. The summed E-state index contributed by atoms with van der Waals surface area (Å²) >= 11 is 6.04. The summed E-state index contributed by atoms with van der Waals surface area (Å²) in [6.07, 6.45) is 2.51. The fourth-order valence-electron chi connectivity index (χ4n) is 1.49. The van der Waals surface area contributed by atoms with Crippen LogP contribution in [0.15, 0.2) is 18.2 Å². The topological polar surface area (TPSA) is 29.5 Å². The van der Waals surface area contributed by atoms with Crippen LogP contribution < -0.4 is 4.74 Å². The summed E-state index contributed by atoms with van der Waals surface area (Å²) in [4.78, 5) is 0. The van der Waals surface area contributed by atoms with Gasteiger partial charge in [0.15, 0.2) is 0 Å². The van der Waals surface area contributed by atoms with Crippen molar-refractivity contribution in [2.75, 3.05) is 6.61 Å². The first kappa shape index (κ1) is 11.7. The Morgan fingerprint density at radius 2 is 2.12 bits per heavy atom. The van der Waals surface area contributed by atoms with Crippen molar-refractivity contribution in [3.63, 3.8) is 0 Å². The van der Waals surface area contributed by atoms with Crippen LogP contribution in [-0.2, 0) is 5.60 Å². The van der Waals surface area contributed by atoms with E-state index in [0.29, 0.717) is 16.7 Å². The van der Waals surface area contributed by atoms with E-state index in [0.717, 1.165) is 12.2 Å². The predicted molar refractivity (Wildman–Crippen MR) is 64.9 cm³/mol. The van der Waals surface area contributed by atoms with E-state index < -0.39 is 5.60 Å². The Bertz CT molecular complexity index is 378. The van der Waals surface area contributed by atoms with Gasteiger partial charge in [-0.15, -0.1) is 0 Å². The summed E-state index contributed by atoms with van der Waals surface area (Å²) in [7, 11) is 0. The maximum atomic E-state index is 9.90. The van der Waals surface area contributed by atoms with E-state index in [2.05, 4.69) is 0 Å². The Balaban J connectivity index is 2.14. The molecule has 3 heteroatoms. The molecule has 1 N–H and O–H groups in total. The third kappa shape index (κ3) is 2.89. The minimum absolute atomic E-state index is 0.605. The molecule has 0 heterocycles. The van der Waals surface area contributed by atoms with E-state index in [-0.39, 0.29) is 0 Å². The van der Waals surface area contributed by atoms with Crippen LogP contribution in [0.4, 0.5) is 0 Å². The maximum Gasteiger partial charge on any atom is 0.138 e. The van der Waals surface area contributed by atoms with Crippen LogP contribution in [0.25, 0.3) is 0 Å². The lowest BCUT2D eigenvalue weighted by Gasteiger charge is -2.19. The SMILES string of the molecule is CC(C)(O)c1ccc(Cl)c(OCC2CC2)c1. The Morgan fingerprint density at radius 3 is 2.69 bits per heavy atom. The van der Waals surface area contributed by atoms with Crippen LogP contribution in [-0.4, -0.2) is 11.7 Å². The molecular weight excluding hydrogens is 224 g/mol. The molecule has 0 unspecified atom stereocenters. The molecule has 2 rings (SSSR count). The molecule has 0 radical (unpaired) electrons. The summed E-state index contributed by atoms with van der Waals surface area (Å²) in [5.41, 5.74) is -0.0369. The van der Waals surface area contributed by atoms with Gasteiger partial charge in [-0.05, 0) is 50.3 Å². The van der Waals surface area contributed by atoms with Gasteiger partial charge in [0.25, 0.3) is 0 Å². The van der Waals surface area contributed by atoms with E-state index >= 15 is 0 Å². The molecule has 0 spiro atoms. The van der Waals surface area contributed by atoms with Crippen molar-refractivity contribution in [1.29, 1.82) is 0 Å². The molecule has 1 aromatic carbocycles. The zero-order valence-corrected chi connectivity index (χ0v) is 10.4. The average molecular weight is 241 g/mol. The van der Waals surface area contributed by atoms with Crippen LogP contribution >= 0.6 is 11.6 Å². The average Bonchev–Trinajstić information content (AvgIpc) is 2.98. The van der Waals surface area contributed by atoms with Crippen LogP contribution in [0.1, 0.15) is 32.3 Å². The van der Waals surface area contributed by atoms with Gasteiger partial charge in [0.05, 0.1) is 17.2 Å². The molecule has 0 bridgehead atoms. The first-order valence-corrected chi connectivity index (χ1v) is 6.00. The number of ether oxygens (including phenoxy) is 1. The Morgan fingerprint density at radius 1 is 1.44 bits per heavy atom. The van der Waals surface area contributed by atoms with Gasteiger partial charge in [0.2, 0.25) is 0 Å². The second kappa shape index (κ2) is 4.27. The maximum absolute atomic E-state index is 9.90. The molecule has 0 amide bonds. The Labute approximate surface area is 101 Å². The van der Waals surface area contributed by atoms with E-state index in [1.807, 2.05) is 12.1 Å². The molecule has 88 valence electrons.